The van der Waals surface area contributed by atoms with Crippen LogP contribution in [-0.4, -0.2) is 23.7 Å². The van der Waals surface area contributed by atoms with Crippen molar-refractivity contribution in [2.75, 3.05) is 11.4 Å². The summed E-state index contributed by atoms with van der Waals surface area (Å²) >= 11 is 0. The summed E-state index contributed by atoms with van der Waals surface area (Å²) in [6.07, 6.45) is 3.66. The van der Waals surface area contributed by atoms with E-state index in [4.69, 9.17) is 5.11 Å². The van der Waals surface area contributed by atoms with Gasteiger partial charge in [-0.05, 0) is 37.3 Å². The molecule has 3 nitrogen and oxygen atoms in total. The average Bonchev–Trinajstić information content (AvgIpc) is 2.41. The molecular weight excluding hydrogens is 269 g/mol. The Morgan fingerprint density at radius 1 is 1.38 bits per heavy atom. The Kier molecular flexibility index (Phi) is 4.66. The Bertz CT molecular complexity index is 556. The van der Waals surface area contributed by atoms with Crippen LogP contribution >= 0.6 is 0 Å². The summed E-state index contributed by atoms with van der Waals surface area (Å²) in [5.41, 5.74) is 1.13. The zero-order chi connectivity index (χ0) is 15.6. The summed E-state index contributed by atoms with van der Waals surface area (Å²) in [4.78, 5) is 12.8. The van der Waals surface area contributed by atoms with E-state index < -0.39 is 5.97 Å². The Morgan fingerprint density at radius 2 is 2.10 bits per heavy atom. The first kappa shape index (κ1) is 15.5. The maximum Gasteiger partial charge on any atom is 0.328 e. The molecule has 0 radical (unpaired) electrons. The van der Waals surface area contributed by atoms with Crippen LogP contribution in [0, 0.1) is 17.7 Å². The van der Waals surface area contributed by atoms with Gasteiger partial charge in [0, 0.05) is 24.2 Å². The molecule has 0 spiro atoms. The summed E-state index contributed by atoms with van der Waals surface area (Å²) in [6, 6.07) is 5.04. The van der Waals surface area contributed by atoms with Crippen LogP contribution in [0.3, 0.4) is 0 Å². The molecular formula is C17H22FNO2. The van der Waals surface area contributed by atoms with E-state index in [-0.39, 0.29) is 11.9 Å². The molecule has 1 N–H and O–H groups in total. The van der Waals surface area contributed by atoms with E-state index in [2.05, 4.69) is 25.7 Å². The molecule has 0 saturated carbocycles. The molecule has 114 valence electrons. The minimum atomic E-state index is -1.03. The SMILES string of the molecule is CC1CC(C)C(C)N(c2c(F)cccc2/C=C/C(=O)O)C1. The molecule has 1 saturated heterocycles. The van der Waals surface area contributed by atoms with Crippen LogP contribution in [-0.2, 0) is 4.79 Å². The van der Waals surface area contributed by atoms with Crippen molar-refractivity contribution in [3.8, 4) is 0 Å². The lowest BCUT2D eigenvalue weighted by Gasteiger charge is -2.43. The number of para-hydroxylation sites is 1. The number of carboxylic acids is 1. The summed E-state index contributed by atoms with van der Waals surface area (Å²) in [5.74, 6) is -0.355. The number of nitrogens with zero attached hydrogens (tertiary/aromatic N) is 1. The van der Waals surface area contributed by atoms with Crippen molar-refractivity contribution < 1.29 is 14.3 Å². The Labute approximate surface area is 125 Å². The van der Waals surface area contributed by atoms with Crippen LogP contribution < -0.4 is 4.90 Å². The van der Waals surface area contributed by atoms with Gasteiger partial charge in [-0.15, -0.1) is 0 Å². The molecule has 0 aliphatic carbocycles. The first-order valence-corrected chi connectivity index (χ1v) is 7.36. The first-order valence-electron chi connectivity index (χ1n) is 7.36. The van der Waals surface area contributed by atoms with Crippen molar-refractivity contribution in [1.82, 2.24) is 0 Å². The highest BCUT2D eigenvalue weighted by atomic mass is 19.1. The van der Waals surface area contributed by atoms with Crippen LogP contribution in [0.1, 0.15) is 32.8 Å². The third kappa shape index (κ3) is 3.43. The molecule has 3 atom stereocenters. The number of carbonyl (C=O) groups is 1. The summed E-state index contributed by atoms with van der Waals surface area (Å²) in [5, 5.41) is 8.79. The number of piperidine rings is 1. The van der Waals surface area contributed by atoms with E-state index in [1.165, 1.54) is 12.1 Å². The van der Waals surface area contributed by atoms with Gasteiger partial charge in [0.2, 0.25) is 0 Å². The molecule has 1 heterocycles. The third-order valence-electron chi connectivity index (χ3n) is 4.31. The second kappa shape index (κ2) is 6.29. The largest absolute Gasteiger partial charge is 0.478 e. The average molecular weight is 291 g/mol. The van der Waals surface area contributed by atoms with E-state index in [1.807, 2.05) is 0 Å². The van der Waals surface area contributed by atoms with Crippen molar-refractivity contribution in [1.29, 1.82) is 0 Å². The number of hydrogen-bond acceptors (Lipinski definition) is 2. The van der Waals surface area contributed by atoms with E-state index in [0.717, 1.165) is 19.0 Å². The fourth-order valence-electron chi connectivity index (χ4n) is 3.14. The molecule has 2 rings (SSSR count). The predicted molar refractivity (Wildman–Crippen MR) is 82.8 cm³/mol. The van der Waals surface area contributed by atoms with Crippen molar-refractivity contribution in [2.24, 2.45) is 11.8 Å². The topological polar surface area (TPSA) is 40.5 Å². The van der Waals surface area contributed by atoms with Crippen LogP contribution in [0.5, 0.6) is 0 Å². The van der Waals surface area contributed by atoms with E-state index >= 15 is 0 Å². The lowest BCUT2D eigenvalue weighted by molar-refractivity contribution is -0.131. The van der Waals surface area contributed by atoms with Crippen LogP contribution in [0.15, 0.2) is 24.3 Å². The minimum absolute atomic E-state index is 0.232. The molecule has 4 heteroatoms. The van der Waals surface area contributed by atoms with E-state index in [9.17, 15) is 9.18 Å². The number of benzene rings is 1. The van der Waals surface area contributed by atoms with E-state index in [0.29, 0.717) is 23.1 Å². The molecule has 0 amide bonds. The first-order chi connectivity index (χ1) is 9.90. The second-order valence-electron chi connectivity index (χ2n) is 6.06. The molecule has 1 aromatic rings. The molecule has 1 aliphatic heterocycles. The van der Waals surface area contributed by atoms with Gasteiger partial charge in [-0.25, -0.2) is 9.18 Å². The molecule has 0 aromatic heterocycles. The highest BCUT2D eigenvalue weighted by Gasteiger charge is 2.31. The third-order valence-corrected chi connectivity index (χ3v) is 4.31. The minimum Gasteiger partial charge on any atom is -0.478 e. The fraction of sp³-hybridized carbons (Fsp3) is 0.471. The zero-order valence-corrected chi connectivity index (χ0v) is 12.7. The molecule has 0 bridgehead atoms. The van der Waals surface area contributed by atoms with Crippen molar-refractivity contribution in [3.05, 3.63) is 35.7 Å². The summed E-state index contributed by atoms with van der Waals surface area (Å²) < 4.78 is 14.4. The number of rotatable bonds is 3. The standard InChI is InChI=1S/C17H22FNO2/c1-11-9-12(2)13(3)19(10-11)17-14(7-8-16(20)21)5-4-6-15(17)18/h4-8,11-13H,9-10H2,1-3H3,(H,20,21)/b8-7+. The Balaban J connectivity index is 2.44. The molecule has 21 heavy (non-hydrogen) atoms. The van der Waals surface area contributed by atoms with Crippen molar-refractivity contribution in [2.45, 2.75) is 33.2 Å². The van der Waals surface area contributed by atoms with Gasteiger partial charge in [0.15, 0.2) is 0 Å². The fourth-order valence-corrected chi connectivity index (χ4v) is 3.14. The van der Waals surface area contributed by atoms with Crippen molar-refractivity contribution in [3.63, 3.8) is 0 Å². The second-order valence-corrected chi connectivity index (χ2v) is 6.06. The predicted octanol–water partition coefficient (Wildman–Crippen LogP) is 3.79. The van der Waals surface area contributed by atoms with E-state index in [1.54, 1.807) is 12.1 Å². The lowest BCUT2D eigenvalue weighted by atomic mass is 9.85. The highest BCUT2D eigenvalue weighted by Crippen LogP contribution is 2.35. The van der Waals surface area contributed by atoms with Gasteiger partial charge in [0.1, 0.15) is 5.82 Å². The molecule has 3 unspecified atom stereocenters. The maximum atomic E-state index is 14.4. The van der Waals surface area contributed by atoms with Gasteiger partial charge in [-0.1, -0.05) is 26.0 Å². The smallest absolute Gasteiger partial charge is 0.328 e. The van der Waals surface area contributed by atoms with Crippen LogP contribution in [0.4, 0.5) is 10.1 Å². The van der Waals surface area contributed by atoms with Gasteiger partial charge < -0.3 is 10.0 Å². The summed E-state index contributed by atoms with van der Waals surface area (Å²) in [6.45, 7) is 7.25. The highest BCUT2D eigenvalue weighted by molar-refractivity contribution is 5.87. The van der Waals surface area contributed by atoms with Crippen molar-refractivity contribution >= 4 is 17.7 Å². The number of anilines is 1. The van der Waals surface area contributed by atoms with Gasteiger partial charge in [0.05, 0.1) is 5.69 Å². The number of carboxylic acid groups (broad SMARTS) is 1. The van der Waals surface area contributed by atoms with Crippen LogP contribution in [0.2, 0.25) is 0 Å². The quantitative estimate of drug-likeness (QED) is 0.861. The van der Waals surface area contributed by atoms with Crippen LogP contribution in [0.25, 0.3) is 6.08 Å². The molecule has 1 aromatic carbocycles. The Morgan fingerprint density at radius 3 is 2.76 bits per heavy atom. The van der Waals surface area contributed by atoms with Gasteiger partial charge >= 0.3 is 5.97 Å². The monoisotopic (exact) mass is 291 g/mol. The maximum absolute atomic E-state index is 14.4. The van der Waals surface area contributed by atoms with Gasteiger partial charge in [0.25, 0.3) is 0 Å². The number of aliphatic carboxylic acids is 1. The Hall–Kier alpha value is -1.84. The van der Waals surface area contributed by atoms with Gasteiger partial charge in [-0.2, -0.15) is 0 Å². The summed E-state index contributed by atoms with van der Waals surface area (Å²) in [7, 11) is 0. The molecule has 1 aliphatic rings. The number of halogens is 1. The molecule has 1 fully saturated rings. The number of hydrogen-bond donors (Lipinski definition) is 1. The normalized spacial score (nSPS) is 26.3. The zero-order valence-electron chi connectivity index (χ0n) is 12.7. The van der Waals surface area contributed by atoms with Gasteiger partial charge in [-0.3, -0.25) is 0 Å². The lowest BCUT2D eigenvalue weighted by Crippen LogP contribution is -2.46.